The summed E-state index contributed by atoms with van der Waals surface area (Å²) in [5.74, 6) is -1.25. The molecule has 0 bridgehead atoms. The van der Waals surface area contributed by atoms with E-state index in [2.05, 4.69) is 16.9 Å². The Hall–Kier alpha value is -3.01. The van der Waals surface area contributed by atoms with Gasteiger partial charge >= 0.3 is 17.9 Å². The first kappa shape index (κ1) is 32.5. The number of hydrogen-bond acceptors (Lipinski definition) is 10. The number of unbranched alkanes of at least 4 members (excludes halogenated alkanes) is 8. The molecular weight excluding hydrogens is 526 g/mol. The van der Waals surface area contributed by atoms with Crippen LogP contribution in [-0.2, 0) is 33.3 Å². The van der Waals surface area contributed by atoms with Gasteiger partial charge in [0.15, 0.2) is 12.2 Å². The van der Waals surface area contributed by atoms with Crippen molar-refractivity contribution in [1.29, 1.82) is 0 Å². The summed E-state index contributed by atoms with van der Waals surface area (Å²) in [6.07, 6.45) is 13.8. The molecule has 41 heavy (non-hydrogen) atoms. The topological polar surface area (TPSA) is 139 Å². The van der Waals surface area contributed by atoms with E-state index in [9.17, 15) is 14.4 Å². The van der Waals surface area contributed by atoms with Gasteiger partial charge in [-0.15, -0.1) is 0 Å². The van der Waals surface area contributed by atoms with Crippen molar-refractivity contribution in [3.63, 3.8) is 0 Å². The molecule has 2 N–H and O–H groups in total. The van der Waals surface area contributed by atoms with Crippen molar-refractivity contribution in [2.45, 2.75) is 122 Å². The molecule has 2 heterocycles. The first-order valence-electron chi connectivity index (χ1n) is 15.1. The molecule has 228 valence electrons. The van der Waals surface area contributed by atoms with E-state index in [1.54, 1.807) is 6.92 Å². The fourth-order valence-corrected chi connectivity index (χ4v) is 5.94. The molecule has 0 amide bonds. The van der Waals surface area contributed by atoms with E-state index in [0.29, 0.717) is 25.2 Å². The van der Waals surface area contributed by atoms with Gasteiger partial charge in [0.25, 0.3) is 0 Å². The maximum Gasteiger partial charge on any atom is 0.305 e. The molecule has 10 nitrogen and oxygen atoms in total. The zero-order chi connectivity index (χ0) is 29.8. The molecule has 3 rings (SSSR count). The number of esters is 3. The number of fused-ring (bicyclic) bond motifs is 1. The van der Waals surface area contributed by atoms with E-state index in [-0.39, 0.29) is 18.5 Å². The van der Waals surface area contributed by atoms with Gasteiger partial charge in [-0.25, -0.2) is 4.99 Å². The van der Waals surface area contributed by atoms with E-state index in [4.69, 9.17) is 24.7 Å². The Bertz CT molecular complexity index is 1050. The molecular formula is C31H47N3O7. The highest BCUT2D eigenvalue weighted by Gasteiger charge is 2.60. The summed E-state index contributed by atoms with van der Waals surface area (Å²) in [6.45, 7) is 6.99. The van der Waals surface area contributed by atoms with Crippen LogP contribution in [0.5, 0.6) is 0 Å². The molecule has 1 saturated heterocycles. The molecule has 1 fully saturated rings. The molecule has 2 aliphatic heterocycles. The first-order chi connectivity index (χ1) is 19.7. The van der Waals surface area contributed by atoms with Crippen molar-refractivity contribution in [3.8, 4) is 0 Å². The maximum absolute atomic E-state index is 12.6. The van der Waals surface area contributed by atoms with E-state index in [1.807, 2.05) is 12.2 Å². The Morgan fingerprint density at radius 3 is 2.32 bits per heavy atom. The van der Waals surface area contributed by atoms with Crippen molar-refractivity contribution in [1.82, 2.24) is 0 Å². The van der Waals surface area contributed by atoms with Gasteiger partial charge in [-0.05, 0) is 25.3 Å². The highest BCUT2D eigenvalue weighted by atomic mass is 16.7. The average molecular weight is 574 g/mol. The Morgan fingerprint density at radius 2 is 1.66 bits per heavy atom. The fraction of sp³-hybridized carbons (Fsp3) is 0.710. The molecule has 1 unspecified atom stereocenters. The Balaban J connectivity index is 1.64. The van der Waals surface area contributed by atoms with Crippen LogP contribution in [0.4, 0.5) is 0 Å². The number of carbonyl (C=O) groups excluding carboxylic acids is 3. The number of ether oxygens (including phenoxy) is 4. The Labute approximate surface area is 243 Å². The average Bonchev–Trinajstić information content (AvgIpc) is 3.44. The minimum absolute atomic E-state index is 0.131. The molecule has 5 atom stereocenters. The van der Waals surface area contributed by atoms with Crippen molar-refractivity contribution >= 4 is 30.1 Å². The standard InChI is InChI=1S/C31H47N3O7/c1-5-6-7-8-9-10-11-12-13-14-27(37)38-19-26-28(39-21(2)35)29(40-22(3)36)31(4,41-26)25-16-15-24-23(25)17-18-33-20-34-30(24)32/h15-16,20,23,26,28-29H,5-14,17-19H2,1-4H3,(H2,32,33,34)/t23?,26-,28-,29-,31+/m1/s1. The summed E-state index contributed by atoms with van der Waals surface area (Å²) in [6, 6.07) is 0. The van der Waals surface area contributed by atoms with Gasteiger partial charge in [0.2, 0.25) is 0 Å². The van der Waals surface area contributed by atoms with Gasteiger partial charge in [-0.2, -0.15) is 0 Å². The number of nitrogens with zero attached hydrogens (tertiary/aromatic N) is 2. The quantitative estimate of drug-likeness (QED) is 0.168. The van der Waals surface area contributed by atoms with Gasteiger partial charge in [-0.3, -0.25) is 19.4 Å². The zero-order valence-corrected chi connectivity index (χ0v) is 25.1. The van der Waals surface area contributed by atoms with E-state index in [0.717, 1.165) is 30.4 Å². The largest absolute Gasteiger partial charge is 0.463 e. The molecule has 0 radical (unpaired) electrons. The zero-order valence-electron chi connectivity index (χ0n) is 25.1. The molecule has 0 saturated carbocycles. The number of carbonyl (C=O) groups is 3. The number of aliphatic imine (C=N–C) groups is 2. The van der Waals surface area contributed by atoms with Gasteiger partial charge in [-0.1, -0.05) is 70.4 Å². The number of rotatable bonds is 15. The third-order valence-corrected chi connectivity index (χ3v) is 7.98. The van der Waals surface area contributed by atoms with Crippen LogP contribution in [-0.4, -0.2) is 67.1 Å². The lowest BCUT2D eigenvalue weighted by atomic mass is 9.78. The summed E-state index contributed by atoms with van der Waals surface area (Å²) in [7, 11) is 0. The number of allylic oxidation sites excluding steroid dienone is 2. The number of amidine groups is 1. The molecule has 1 aliphatic carbocycles. The van der Waals surface area contributed by atoms with Crippen LogP contribution in [0.15, 0.2) is 33.3 Å². The Kier molecular flexibility index (Phi) is 12.6. The van der Waals surface area contributed by atoms with E-state index < -0.39 is 35.9 Å². The summed E-state index contributed by atoms with van der Waals surface area (Å²) in [5, 5.41) is 0. The lowest BCUT2D eigenvalue weighted by molar-refractivity contribution is -0.166. The lowest BCUT2D eigenvalue weighted by Crippen LogP contribution is -2.48. The fourth-order valence-electron chi connectivity index (χ4n) is 5.94. The summed E-state index contributed by atoms with van der Waals surface area (Å²) < 4.78 is 23.5. The van der Waals surface area contributed by atoms with Gasteiger partial charge in [0, 0.05) is 38.3 Å². The highest BCUT2D eigenvalue weighted by Crippen LogP contribution is 2.47. The van der Waals surface area contributed by atoms with Crippen LogP contribution in [0.1, 0.15) is 98.3 Å². The maximum atomic E-state index is 12.6. The van der Waals surface area contributed by atoms with Crippen molar-refractivity contribution < 1.29 is 33.3 Å². The highest BCUT2D eigenvalue weighted by molar-refractivity contribution is 6.02. The monoisotopic (exact) mass is 573 g/mol. The van der Waals surface area contributed by atoms with E-state index >= 15 is 0 Å². The smallest absolute Gasteiger partial charge is 0.305 e. The van der Waals surface area contributed by atoms with Crippen LogP contribution in [0.25, 0.3) is 0 Å². The van der Waals surface area contributed by atoms with Gasteiger partial charge < -0.3 is 24.7 Å². The predicted molar refractivity (Wildman–Crippen MR) is 156 cm³/mol. The van der Waals surface area contributed by atoms with Gasteiger partial charge in [0.1, 0.15) is 30.5 Å². The van der Waals surface area contributed by atoms with Crippen LogP contribution in [0, 0.1) is 5.92 Å². The summed E-state index contributed by atoms with van der Waals surface area (Å²) in [5.41, 5.74) is 6.68. The van der Waals surface area contributed by atoms with Crippen LogP contribution < -0.4 is 5.73 Å². The van der Waals surface area contributed by atoms with Crippen LogP contribution in [0.2, 0.25) is 0 Å². The number of nitrogens with two attached hydrogens (primary N) is 1. The summed E-state index contributed by atoms with van der Waals surface area (Å²) in [4.78, 5) is 45.4. The lowest BCUT2D eigenvalue weighted by Gasteiger charge is -2.36. The van der Waals surface area contributed by atoms with Crippen LogP contribution in [0.3, 0.4) is 0 Å². The second kappa shape index (κ2) is 15.8. The second-order valence-electron chi connectivity index (χ2n) is 11.3. The molecule has 0 aromatic heterocycles. The molecule has 10 heteroatoms. The van der Waals surface area contributed by atoms with Crippen molar-refractivity contribution in [2.24, 2.45) is 21.6 Å². The molecule has 0 aromatic carbocycles. The first-order valence-corrected chi connectivity index (χ1v) is 15.1. The summed E-state index contributed by atoms with van der Waals surface area (Å²) >= 11 is 0. The molecule has 0 aromatic rings. The Morgan fingerprint density at radius 1 is 1.00 bits per heavy atom. The predicted octanol–water partition coefficient (Wildman–Crippen LogP) is 4.74. The molecule has 0 spiro atoms. The third kappa shape index (κ3) is 8.99. The minimum Gasteiger partial charge on any atom is -0.463 e. The SMILES string of the molecule is CCCCCCCCCCCC(=O)OC[C@H]1O[C@@](C)(C2=CC=C3C(N)=NC=NCCC32)[C@H](OC(C)=O)[C@@H]1OC(C)=O. The van der Waals surface area contributed by atoms with Gasteiger partial charge in [0.05, 0.1) is 0 Å². The third-order valence-electron chi connectivity index (χ3n) is 7.98. The van der Waals surface area contributed by atoms with Crippen molar-refractivity contribution in [2.75, 3.05) is 13.2 Å². The van der Waals surface area contributed by atoms with Crippen LogP contribution >= 0.6 is 0 Å². The second-order valence-corrected chi connectivity index (χ2v) is 11.3. The molecule has 3 aliphatic rings. The normalized spacial score (nSPS) is 27.2. The number of hydrogen-bond donors (Lipinski definition) is 1. The minimum atomic E-state index is -1.17. The van der Waals surface area contributed by atoms with E-state index in [1.165, 1.54) is 58.7 Å². The van der Waals surface area contributed by atoms with Crippen molar-refractivity contribution in [3.05, 3.63) is 23.3 Å².